The Balaban J connectivity index is 1.76. The maximum atomic E-state index is 12.6. The van der Waals surface area contributed by atoms with Crippen LogP contribution >= 0.6 is 0 Å². The summed E-state index contributed by atoms with van der Waals surface area (Å²) in [6.07, 6.45) is 4.61. The number of nitriles is 1. The standard InChI is InChI=1S/C21H21N5O3/c1-2-29-19-10-18-17(9-13(19)12-22)23-20(24-18)11-16-14-5-3-4-6-15(14)21(28)26(25-16)7-8-27/h8-10H,2-7,11H2,1H3,(H,23,24). The fourth-order valence-corrected chi connectivity index (χ4v) is 3.90. The number of carbonyl (C=O) groups excluding carboxylic acids is 1. The summed E-state index contributed by atoms with van der Waals surface area (Å²) in [5.41, 5.74) is 4.25. The summed E-state index contributed by atoms with van der Waals surface area (Å²) in [7, 11) is 0. The first-order valence-electron chi connectivity index (χ1n) is 9.75. The van der Waals surface area contributed by atoms with Gasteiger partial charge in [-0.05, 0) is 44.2 Å². The second-order valence-corrected chi connectivity index (χ2v) is 7.04. The molecule has 2 heterocycles. The van der Waals surface area contributed by atoms with Gasteiger partial charge in [0.2, 0.25) is 0 Å². The number of hydrogen-bond acceptors (Lipinski definition) is 6. The number of hydrogen-bond donors (Lipinski definition) is 1. The van der Waals surface area contributed by atoms with Gasteiger partial charge in [0.05, 0.1) is 35.3 Å². The van der Waals surface area contributed by atoms with E-state index in [1.54, 1.807) is 12.1 Å². The van der Waals surface area contributed by atoms with E-state index in [1.807, 2.05) is 6.92 Å². The van der Waals surface area contributed by atoms with Crippen LogP contribution in [0.3, 0.4) is 0 Å². The zero-order chi connectivity index (χ0) is 20.4. The lowest BCUT2D eigenvalue weighted by Gasteiger charge is -2.19. The average molecular weight is 391 g/mol. The van der Waals surface area contributed by atoms with E-state index in [1.165, 1.54) is 4.68 Å². The Kier molecular flexibility index (Phi) is 5.12. The van der Waals surface area contributed by atoms with Crippen molar-refractivity contribution in [1.29, 1.82) is 5.26 Å². The van der Waals surface area contributed by atoms with Crippen molar-refractivity contribution in [3.05, 3.63) is 50.7 Å². The molecule has 0 atom stereocenters. The fraction of sp³-hybridized carbons (Fsp3) is 0.381. The number of fused-ring (bicyclic) bond motifs is 2. The predicted octanol–water partition coefficient (Wildman–Crippen LogP) is 2.06. The van der Waals surface area contributed by atoms with E-state index in [4.69, 9.17) is 4.74 Å². The van der Waals surface area contributed by atoms with Gasteiger partial charge in [-0.1, -0.05) is 0 Å². The van der Waals surface area contributed by atoms with Gasteiger partial charge >= 0.3 is 0 Å². The van der Waals surface area contributed by atoms with Crippen LogP contribution in [0.5, 0.6) is 5.75 Å². The average Bonchev–Trinajstić information content (AvgIpc) is 3.12. The molecule has 4 rings (SSSR count). The Morgan fingerprint density at radius 1 is 1.31 bits per heavy atom. The SMILES string of the molecule is CCOc1cc2nc(Cc3nn(CC=O)c(=O)c4c3CCCC4)[nH]c2cc1C#N. The largest absolute Gasteiger partial charge is 0.492 e. The highest BCUT2D eigenvalue weighted by Gasteiger charge is 2.21. The number of ether oxygens (including phenoxy) is 1. The van der Waals surface area contributed by atoms with Crippen LogP contribution in [0.2, 0.25) is 0 Å². The molecule has 1 aliphatic carbocycles. The number of aromatic amines is 1. The normalized spacial score (nSPS) is 13.1. The Hall–Kier alpha value is -3.47. The van der Waals surface area contributed by atoms with Crippen LogP contribution in [-0.2, 0) is 30.6 Å². The molecular weight excluding hydrogens is 370 g/mol. The summed E-state index contributed by atoms with van der Waals surface area (Å²) < 4.78 is 6.78. The van der Waals surface area contributed by atoms with E-state index in [-0.39, 0.29) is 12.1 Å². The number of aromatic nitrogens is 4. The maximum Gasteiger partial charge on any atom is 0.270 e. The Bertz CT molecular complexity index is 1190. The molecule has 1 aromatic carbocycles. The molecule has 29 heavy (non-hydrogen) atoms. The summed E-state index contributed by atoms with van der Waals surface area (Å²) in [5.74, 6) is 1.20. The van der Waals surface area contributed by atoms with Crippen molar-refractivity contribution < 1.29 is 9.53 Å². The first-order valence-corrected chi connectivity index (χ1v) is 9.75. The topological polar surface area (TPSA) is 114 Å². The summed E-state index contributed by atoms with van der Waals surface area (Å²) in [5, 5.41) is 13.8. The maximum absolute atomic E-state index is 12.6. The molecule has 1 N–H and O–H groups in total. The predicted molar refractivity (Wildman–Crippen MR) is 106 cm³/mol. The molecule has 0 aliphatic heterocycles. The highest BCUT2D eigenvalue weighted by molar-refractivity contribution is 5.79. The molecule has 2 aromatic heterocycles. The summed E-state index contributed by atoms with van der Waals surface area (Å²) in [6.45, 7) is 2.28. The molecule has 0 spiro atoms. The van der Waals surface area contributed by atoms with Gasteiger partial charge in [0.1, 0.15) is 30.5 Å². The van der Waals surface area contributed by atoms with Gasteiger partial charge in [-0.25, -0.2) is 9.67 Å². The van der Waals surface area contributed by atoms with Gasteiger partial charge in [0, 0.05) is 11.6 Å². The second kappa shape index (κ2) is 7.87. The van der Waals surface area contributed by atoms with Gasteiger partial charge in [-0.3, -0.25) is 4.79 Å². The van der Waals surface area contributed by atoms with E-state index < -0.39 is 0 Å². The number of carbonyl (C=O) groups is 1. The molecule has 0 bridgehead atoms. The molecule has 0 amide bonds. The Morgan fingerprint density at radius 2 is 2.10 bits per heavy atom. The van der Waals surface area contributed by atoms with Crippen molar-refractivity contribution in [2.24, 2.45) is 0 Å². The number of rotatable bonds is 6. The van der Waals surface area contributed by atoms with E-state index in [2.05, 4.69) is 21.1 Å². The molecular formula is C21H21N5O3. The van der Waals surface area contributed by atoms with E-state index >= 15 is 0 Å². The lowest BCUT2D eigenvalue weighted by Crippen LogP contribution is -2.32. The number of nitrogens with zero attached hydrogens (tertiary/aromatic N) is 4. The number of benzene rings is 1. The minimum atomic E-state index is -0.167. The first kappa shape index (κ1) is 18.9. The van der Waals surface area contributed by atoms with Crippen LogP contribution in [0.25, 0.3) is 11.0 Å². The molecule has 0 radical (unpaired) electrons. The molecule has 148 valence electrons. The number of imidazole rings is 1. The van der Waals surface area contributed by atoms with Gasteiger partial charge < -0.3 is 14.5 Å². The summed E-state index contributed by atoms with van der Waals surface area (Å²) >= 11 is 0. The van der Waals surface area contributed by atoms with Gasteiger partial charge in [0.15, 0.2) is 0 Å². The van der Waals surface area contributed by atoms with E-state index in [0.29, 0.717) is 48.4 Å². The number of H-pyrrole nitrogens is 1. The quantitative estimate of drug-likeness (QED) is 0.644. The Morgan fingerprint density at radius 3 is 2.83 bits per heavy atom. The van der Waals surface area contributed by atoms with Gasteiger partial charge in [0.25, 0.3) is 5.56 Å². The van der Waals surface area contributed by atoms with Crippen LogP contribution in [0, 0.1) is 11.3 Å². The van der Waals surface area contributed by atoms with Crippen LogP contribution < -0.4 is 10.3 Å². The zero-order valence-electron chi connectivity index (χ0n) is 16.2. The summed E-state index contributed by atoms with van der Waals surface area (Å²) in [4.78, 5) is 31.4. The van der Waals surface area contributed by atoms with Crippen LogP contribution in [0.15, 0.2) is 16.9 Å². The minimum absolute atomic E-state index is 0.0531. The lowest BCUT2D eigenvalue weighted by molar-refractivity contribution is -0.108. The second-order valence-electron chi connectivity index (χ2n) is 7.04. The molecule has 8 heteroatoms. The molecule has 8 nitrogen and oxygen atoms in total. The molecule has 1 aliphatic rings. The molecule has 3 aromatic rings. The third-order valence-corrected chi connectivity index (χ3v) is 5.19. The van der Waals surface area contributed by atoms with Crippen LogP contribution in [-0.4, -0.2) is 32.6 Å². The number of aldehydes is 1. The van der Waals surface area contributed by atoms with Crippen molar-refractivity contribution in [1.82, 2.24) is 19.7 Å². The zero-order valence-corrected chi connectivity index (χ0v) is 16.2. The third kappa shape index (κ3) is 3.51. The van der Waals surface area contributed by atoms with Gasteiger partial charge in [-0.15, -0.1) is 0 Å². The minimum Gasteiger partial charge on any atom is -0.492 e. The third-order valence-electron chi connectivity index (χ3n) is 5.19. The highest BCUT2D eigenvalue weighted by atomic mass is 16.5. The smallest absolute Gasteiger partial charge is 0.270 e. The molecule has 0 fully saturated rings. The molecule has 0 unspecified atom stereocenters. The highest BCUT2D eigenvalue weighted by Crippen LogP contribution is 2.26. The van der Waals surface area contributed by atoms with Crippen LogP contribution in [0.1, 0.15) is 48.0 Å². The van der Waals surface area contributed by atoms with E-state index in [9.17, 15) is 14.9 Å². The summed E-state index contributed by atoms with van der Waals surface area (Å²) in [6, 6.07) is 5.63. The number of nitrogens with one attached hydrogen (secondary N) is 1. The van der Waals surface area contributed by atoms with Crippen molar-refractivity contribution in [3.8, 4) is 11.8 Å². The van der Waals surface area contributed by atoms with Crippen molar-refractivity contribution in [2.45, 2.75) is 45.6 Å². The fourth-order valence-electron chi connectivity index (χ4n) is 3.90. The molecule has 0 saturated carbocycles. The van der Waals surface area contributed by atoms with Crippen molar-refractivity contribution >= 4 is 17.3 Å². The van der Waals surface area contributed by atoms with Crippen molar-refractivity contribution in [2.75, 3.05) is 6.61 Å². The van der Waals surface area contributed by atoms with Crippen molar-refractivity contribution in [3.63, 3.8) is 0 Å². The van der Waals surface area contributed by atoms with E-state index in [0.717, 1.165) is 41.6 Å². The Labute approximate surface area is 167 Å². The monoisotopic (exact) mass is 391 g/mol. The van der Waals surface area contributed by atoms with Crippen LogP contribution in [0.4, 0.5) is 0 Å². The molecule has 0 saturated heterocycles. The first-order chi connectivity index (χ1) is 14.1. The lowest BCUT2D eigenvalue weighted by atomic mass is 9.91. The van der Waals surface area contributed by atoms with Gasteiger partial charge in [-0.2, -0.15) is 10.4 Å².